The third-order valence-electron chi connectivity index (χ3n) is 2.31. The van der Waals surface area contributed by atoms with Crippen molar-refractivity contribution in [3.05, 3.63) is 27.1 Å². The van der Waals surface area contributed by atoms with E-state index in [0.717, 1.165) is 0 Å². The fraction of sp³-hybridized carbons (Fsp3) is 0.455. The Morgan fingerprint density at radius 3 is 2.76 bits per heavy atom. The lowest BCUT2D eigenvalue weighted by molar-refractivity contribution is -0.121. The maximum Gasteiger partial charge on any atom is 0.227 e. The first-order valence-corrected chi connectivity index (χ1v) is 5.86. The molecule has 0 atom stereocenters. The summed E-state index contributed by atoms with van der Waals surface area (Å²) >= 11 is 3.09. The average Bonchev–Trinajstić information content (AvgIpc) is 2.24. The lowest BCUT2D eigenvalue weighted by atomic mass is 10.1. The molecule has 0 aliphatic heterocycles. The van der Waals surface area contributed by atoms with Gasteiger partial charge in [-0.25, -0.2) is 0 Å². The standard InChI is InChI=1S/C11H15BrN2O3/c1-11(2,17-3)4-9(15)14-8-6-13-5-7(12)10(8)16/h5-6H,4H2,1-3H3,(H,13,16)(H,14,15). The molecule has 1 aromatic heterocycles. The van der Waals surface area contributed by atoms with Crippen LogP contribution in [-0.2, 0) is 9.53 Å². The van der Waals surface area contributed by atoms with Gasteiger partial charge in [0.25, 0.3) is 0 Å². The lowest BCUT2D eigenvalue weighted by Crippen LogP contribution is -2.30. The zero-order valence-corrected chi connectivity index (χ0v) is 11.6. The fourth-order valence-electron chi connectivity index (χ4n) is 1.20. The molecular formula is C11H15BrN2O3. The number of amides is 1. The molecule has 1 amide bonds. The molecule has 0 fully saturated rings. The molecule has 2 N–H and O–H groups in total. The van der Waals surface area contributed by atoms with Crippen LogP contribution < -0.4 is 10.7 Å². The van der Waals surface area contributed by atoms with E-state index in [0.29, 0.717) is 4.47 Å². The van der Waals surface area contributed by atoms with Gasteiger partial charge in [-0.1, -0.05) is 0 Å². The highest BCUT2D eigenvalue weighted by molar-refractivity contribution is 9.10. The number of ether oxygens (including phenoxy) is 1. The summed E-state index contributed by atoms with van der Waals surface area (Å²) in [5, 5.41) is 2.55. The molecular weight excluding hydrogens is 288 g/mol. The number of pyridine rings is 1. The highest BCUT2D eigenvalue weighted by atomic mass is 79.9. The van der Waals surface area contributed by atoms with Gasteiger partial charge in [-0.3, -0.25) is 9.59 Å². The average molecular weight is 303 g/mol. The van der Waals surface area contributed by atoms with Crippen molar-refractivity contribution in [1.29, 1.82) is 0 Å². The summed E-state index contributed by atoms with van der Waals surface area (Å²) in [5.74, 6) is -0.263. The third-order valence-corrected chi connectivity index (χ3v) is 2.90. The summed E-state index contributed by atoms with van der Waals surface area (Å²) in [5.41, 5.74) is -0.591. The van der Waals surface area contributed by atoms with Gasteiger partial charge in [0, 0.05) is 19.5 Å². The molecule has 6 heteroatoms. The molecule has 94 valence electrons. The summed E-state index contributed by atoms with van der Waals surface area (Å²) in [7, 11) is 1.54. The minimum atomic E-state index is -0.553. The molecule has 0 spiro atoms. The number of hydrogen-bond donors (Lipinski definition) is 2. The topological polar surface area (TPSA) is 71.2 Å². The number of aromatic nitrogens is 1. The Balaban J connectivity index is 2.76. The number of carbonyl (C=O) groups is 1. The SMILES string of the molecule is COC(C)(C)CC(=O)Nc1c[nH]cc(Br)c1=O. The van der Waals surface area contributed by atoms with Crippen molar-refractivity contribution in [2.24, 2.45) is 0 Å². The first-order valence-electron chi connectivity index (χ1n) is 5.07. The molecule has 0 saturated carbocycles. The van der Waals surface area contributed by atoms with E-state index in [2.05, 4.69) is 26.2 Å². The van der Waals surface area contributed by atoms with E-state index < -0.39 is 5.60 Å². The van der Waals surface area contributed by atoms with Gasteiger partial charge in [-0.15, -0.1) is 0 Å². The van der Waals surface area contributed by atoms with Gasteiger partial charge >= 0.3 is 0 Å². The highest BCUT2D eigenvalue weighted by Crippen LogP contribution is 2.14. The fourth-order valence-corrected chi connectivity index (χ4v) is 1.55. The van der Waals surface area contributed by atoms with Crippen molar-refractivity contribution in [2.45, 2.75) is 25.9 Å². The molecule has 5 nitrogen and oxygen atoms in total. The van der Waals surface area contributed by atoms with Crippen molar-refractivity contribution >= 4 is 27.5 Å². The molecule has 0 aromatic carbocycles. The van der Waals surface area contributed by atoms with E-state index in [1.807, 2.05) is 0 Å². The molecule has 17 heavy (non-hydrogen) atoms. The molecule has 0 bridgehead atoms. The maximum absolute atomic E-state index is 11.7. The lowest BCUT2D eigenvalue weighted by Gasteiger charge is -2.21. The molecule has 0 unspecified atom stereocenters. The Morgan fingerprint density at radius 2 is 2.18 bits per heavy atom. The summed E-state index contributed by atoms with van der Waals surface area (Å²) in [4.78, 5) is 26.1. The Morgan fingerprint density at radius 1 is 1.53 bits per heavy atom. The smallest absolute Gasteiger partial charge is 0.227 e. The predicted molar refractivity (Wildman–Crippen MR) is 69.1 cm³/mol. The number of carbonyl (C=O) groups excluding carboxylic acids is 1. The summed E-state index contributed by atoms with van der Waals surface area (Å²) in [6, 6.07) is 0. The summed E-state index contributed by atoms with van der Waals surface area (Å²) in [6.07, 6.45) is 3.14. The maximum atomic E-state index is 11.7. The van der Waals surface area contributed by atoms with Gasteiger partial charge < -0.3 is 15.0 Å². The number of hydrogen-bond acceptors (Lipinski definition) is 3. The highest BCUT2D eigenvalue weighted by Gasteiger charge is 2.21. The van der Waals surface area contributed by atoms with E-state index in [9.17, 15) is 9.59 Å². The van der Waals surface area contributed by atoms with E-state index >= 15 is 0 Å². The predicted octanol–water partition coefficient (Wildman–Crippen LogP) is 1.89. The monoisotopic (exact) mass is 302 g/mol. The number of anilines is 1. The minimum Gasteiger partial charge on any atom is -0.378 e. The van der Waals surface area contributed by atoms with E-state index in [1.165, 1.54) is 12.4 Å². The first kappa shape index (κ1) is 13.9. The van der Waals surface area contributed by atoms with Crippen LogP contribution in [-0.4, -0.2) is 23.6 Å². The summed E-state index contributed by atoms with van der Waals surface area (Å²) in [6.45, 7) is 3.61. The van der Waals surface area contributed by atoms with Crippen LogP contribution in [0.5, 0.6) is 0 Å². The number of halogens is 1. The van der Waals surface area contributed by atoms with Crippen LogP contribution in [0.3, 0.4) is 0 Å². The number of methoxy groups -OCH3 is 1. The molecule has 0 radical (unpaired) electrons. The van der Waals surface area contributed by atoms with E-state index in [4.69, 9.17) is 4.74 Å². The van der Waals surface area contributed by atoms with Crippen LogP contribution in [0.4, 0.5) is 5.69 Å². The van der Waals surface area contributed by atoms with Crippen LogP contribution in [0.2, 0.25) is 0 Å². The Labute approximate surface area is 108 Å². The first-order chi connectivity index (χ1) is 7.85. The Bertz CT molecular complexity index is 468. The van der Waals surface area contributed by atoms with Crippen LogP contribution in [0, 0.1) is 0 Å². The Kier molecular flexibility index (Phi) is 4.47. The largest absolute Gasteiger partial charge is 0.378 e. The molecule has 1 heterocycles. The molecule has 0 aliphatic rings. The van der Waals surface area contributed by atoms with Crippen molar-refractivity contribution in [1.82, 2.24) is 4.98 Å². The van der Waals surface area contributed by atoms with Crippen molar-refractivity contribution in [3.8, 4) is 0 Å². The van der Waals surface area contributed by atoms with Crippen molar-refractivity contribution < 1.29 is 9.53 Å². The van der Waals surface area contributed by atoms with Crippen LogP contribution in [0.25, 0.3) is 0 Å². The number of rotatable bonds is 4. The van der Waals surface area contributed by atoms with E-state index in [-0.39, 0.29) is 23.4 Å². The third kappa shape index (κ3) is 3.98. The second-order valence-corrected chi connectivity index (χ2v) is 5.09. The molecule has 1 aromatic rings. The molecule has 0 saturated heterocycles. The molecule has 1 rings (SSSR count). The molecule has 0 aliphatic carbocycles. The second-order valence-electron chi connectivity index (χ2n) is 4.23. The number of aromatic amines is 1. The zero-order valence-electron chi connectivity index (χ0n) is 9.96. The number of H-pyrrole nitrogens is 1. The minimum absolute atomic E-state index is 0.176. The van der Waals surface area contributed by atoms with Crippen LogP contribution in [0.15, 0.2) is 21.7 Å². The van der Waals surface area contributed by atoms with E-state index in [1.54, 1.807) is 21.0 Å². The zero-order chi connectivity index (χ0) is 13.1. The van der Waals surface area contributed by atoms with Crippen LogP contribution in [0.1, 0.15) is 20.3 Å². The normalized spacial score (nSPS) is 11.3. The summed E-state index contributed by atoms with van der Waals surface area (Å²) < 4.78 is 5.52. The number of nitrogens with one attached hydrogen (secondary N) is 2. The van der Waals surface area contributed by atoms with Gasteiger partial charge in [0.05, 0.1) is 16.5 Å². The van der Waals surface area contributed by atoms with Crippen molar-refractivity contribution in [2.75, 3.05) is 12.4 Å². The van der Waals surface area contributed by atoms with Crippen LogP contribution >= 0.6 is 15.9 Å². The van der Waals surface area contributed by atoms with Crippen molar-refractivity contribution in [3.63, 3.8) is 0 Å². The second kappa shape index (κ2) is 5.46. The van der Waals surface area contributed by atoms with Gasteiger partial charge in [0.1, 0.15) is 5.69 Å². The quantitative estimate of drug-likeness (QED) is 0.892. The van der Waals surface area contributed by atoms with Gasteiger partial charge in [0.15, 0.2) is 0 Å². The van der Waals surface area contributed by atoms with Gasteiger partial charge in [0.2, 0.25) is 11.3 Å². The Hall–Kier alpha value is -1.14. The van der Waals surface area contributed by atoms with Gasteiger partial charge in [-0.2, -0.15) is 0 Å². The van der Waals surface area contributed by atoms with Gasteiger partial charge in [-0.05, 0) is 29.8 Å².